The molecular weight excluding hydrogens is 512 g/mol. The van der Waals surface area contributed by atoms with Gasteiger partial charge in [-0.1, -0.05) is 13.2 Å². The van der Waals surface area contributed by atoms with Crippen LogP contribution in [0.4, 0.5) is 35.1 Å². The summed E-state index contributed by atoms with van der Waals surface area (Å²) in [5.74, 6) is -25.3. The highest BCUT2D eigenvalue weighted by atomic mass is 19.2. The lowest BCUT2D eigenvalue weighted by atomic mass is 10.2. The molecule has 36 heavy (non-hydrogen) atoms. The van der Waals surface area contributed by atoms with Crippen molar-refractivity contribution in [2.45, 2.75) is 12.8 Å². The van der Waals surface area contributed by atoms with Gasteiger partial charge in [0, 0.05) is 12.2 Å². The fourth-order valence-corrected chi connectivity index (χ4v) is 2.45. The third kappa shape index (κ3) is 5.93. The second kappa shape index (κ2) is 12.0. The van der Waals surface area contributed by atoms with Gasteiger partial charge in [0.25, 0.3) is 0 Å². The number of benzene rings is 2. The van der Waals surface area contributed by atoms with Crippen LogP contribution in [0.25, 0.3) is 0 Å². The molecule has 2 aromatic carbocycles. The minimum atomic E-state index is -2.06. The van der Waals surface area contributed by atoms with Gasteiger partial charge in [-0.25, -0.2) is 9.59 Å². The number of rotatable bonds is 11. The number of halogens is 8. The van der Waals surface area contributed by atoms with E-state index in [-0.39, 0.29) is 12.8 Å². The Hall–Kier alpha value is -4.10. The van der Waals surface area contributed by atoms with Crippen molar-refractivity contribution < 1.29 is 63.7 Å². The van der Waals surface area contributed by atoms with Gasteiger partial charge in [0.1, 0.15) is 0 Å². The van der Waals surface area contributed by atoms with Gasteiger partial charge in [-0.05, 0) is 12.8 Å². The molecule has 0 amide bonds. The van der Waals surface area contributed by atoms with Crippen LogP contribution < -0.4 is 18.9 Å². The van der Waals surface area contributed by atoms with Crippen LogP contribution in [0.5, 0.6) is 23.0 Å². The first-order chi connectivity index (χ1) is 17.0. The maximum absolute atomic E-state index is 14.0. The zero-order chi connectivity index (χ0) is 27.2. The number of esters is 2. The minimum Gasteiger partial charge on any atom is -0.487 e. The molecule has 0 N–H and O–H groups in total. The summed E-state index contributed by atoms with van der Waals surface area (Å²) >= 11 is 0. The van der Waals surface area contributed by atoms with Gasteiger partial charge in [0.2, 0.25) is 58.0 Å². The van der Waals surface area contributed by atoms with Gasteiger partial charge in [-0.3, -0.25) is 0 Å². The van der Waals surface area contributed by atoms with Crippen LogP contribution >= 0.6 is 0 Å². The fraction of sp³-hybridized carbons (Fsp3) is 0.182. The third-order valence-corrected chi connectivity index (χ3v) is 4.14. The molecule has 0 atom stereocenters. The maximum atomic E-state index is 14.0. The Morgan fingerprint density at radius 1 is 0.528 bits per heavy atom. The molecule has 0 radical (unpaired) electrons. The molecule has 0 heterocycles. The third-order valence-electron chi connectivity index (χ3n) is 4.14. The van der Waals surface area contributed by atoms with E-state index in [1.165, 1.54) is 0 Å². The lowest BCUT2D eigenvalue weighted by Gasteiger charge is -2.13. The Bertz CT molecular complexity index is 1060. The predicted octanol–water partition coefficient (Wildman–Crippen LogP) is 5.22. The fourth-order valence-electron chi connectivity index (χ4n) is 2.45. The first-order valence-corrected chi connectivity index (χ1v) is 9.62. The van der Waals surface area contributed by atoms with Crippen molar-refractivity contribution in [2.75, 3.05) is 13.2 Å². The highest BCUT2D eigenvalue weighted by molar-refractivity contribution is 5.84. The summed E-state index contributed by atoms with van der Waals surface area (Å²) in [6.45, 7) is 4.70. The number of carbonyl (C=O) groups is 2. The number of hydrogen-bond donors (Lipinski definition) is 0. The van der Waals surface area contributed by atoms with Crippen molar-refractivity contribution >= 4 is 11.9 Å². The van der Waals surface area contributed by atoms with E-state index >= 15 is 0 Å². The largest absolute Gasteiger partial charge is 0.487 e. The first-order valence-electron chi connectivity index (χ1n) is 9.62. The van der Waals surface area contributed by atoms with Crippen molar-refractivity contribution in [1.29, 1.82) is 0 Å². The molecule has 0 spiro atoms. The number of unbranched alkanes of at least 4 members (excludes halogenated alkanes) is 1. The monoisotopic (exact) mass is 526 g/mol. The zero-order valence-corrected chi connectivity index (χ0v) is 17.9. The highest BCUT2D eigenvalue weighted by Crippen LogP contribution is 2.36. The first kappa shape index (κ1) is 28.1. The summed E-state index contributed by atoms with van der Waals surface area (Å²) in [6, 6.07) is 0. The van der Waals surface area contributed by atoms with Crippen LogP contribution in [-0.4, -0.2) is 25.2 Å². The highest BCUT2D eigenvalue weighted by Gasteiger charge is 2.30. The average Bonchev–Trinajstić information content (AvgIpc) is 2.87. The Morgan fingerprint density at radius 2 is 0.778 bits per heavy atom. The van der Waals surface area contributed by atoms with Gasteiger partial charge in [-0.2, -0.15) is 35.1 Å². The second-order valence-electron chi connectivity index (χ2n) is 6.48. The van der Waals surface area contributed by atoms with Crippen LogP contribution in [0.1, 0.15) is 12.8 Å². The van der Waals surface area contributed by atoms with E-state index in [9.17, 15) is 44.7 Å². The van der Waals surface area contributed by atoms with Crippen molar-refractivity contribution in [3.05, 3.63) is 71.8 Å². The Kier molecular flexibility index (Phi) is 9.41. The van der Waals surface area contributed by atoms with Crippen LogP contribution in [-0.2, 0) is 9.59 Å². The molecule has 0 saturated carbocycles. The normalized spacial score (nSPS) is 10.6. The summed E-state index contributed by atoms with van der Waals surface area (Å²) in [6.07, 6.45) is 0.596. The summed E-state index contributed by atoms with van der Waals surface area (Å²) in [5, 5.41) is 0. The van der Waals surface area contributed by atoms with Gasteiger partial charge < -0.3 is 18.9 Å². The number of carbonyl (C=O) groups excluding carboxylic acids is 2. The molecule has 0 aliphatic heterocycles. The van der Waals surface area contributed by atoms with E-state index in [1.807, 2.05) is 0 Å². The van der Waals surface area contributed by atoms with E-state index in [1.54, 1.807) is 0 Å². The molecule has 2 rings (SSSR count). The standard InChI is InChI=1S/C22H14F8O6/c1-3-9(31)35-21-15(27)11(23)19(12(24)16(21)28)33-7-5-6-8-34-20-13(25)17(29)22(18(30)14(20)26)36-10(32)4-2/h3-4H,1-2,5-8H2. The maximum Gasteiger partial charge on any atom is 0.335 e. The smallest absolute Gasteiger partial charge is 0.335 e. The molecule has 0 fully saturated rings. The summed E-state index contributed by atoms with van der Waals surface area (Å²) in [5.41, 5.74) is 0. The lowest BCUT2D eigenvalue weighted by Crippen LogP contribution is -2.13. The van der Waals surface area contributed by atoms with Gasteiger partial charge >= 0.3 is 11.9 Å². The van der Waals surface area contributed by atoms with Crippen molar-refractivity contribution in [1.82, 2.24) is 0 Å². The van der Waals surface area contributed by atoms with Crippen LogP contribution in [0, 0.1) is 46.5 Å². The van der Waals surface area contributed by atoms with Crippen molar-refractivity contribution in [2.24, 2.45) is 0 Å². The number of hydrogen-bond acceptors (Lipinski definition) is 6. The van der Waals surface area contributed by atoms with Crippen LogP contribution in [0.15, 0.2) is 25.3 Å². The Labute approximate surface area is 197 Å². The SMILES string of the molecule is C=CC(=O)Oc1c(F)c(F)c(OCCCCOc2c(F)c(F)c(OC(=O)C=C)c(F)c2F)c(F)c1F. The molecule has 0 unspecified atom stereocenters. The van der Waals surface area contributed by atoms with Crippen molar-refractivity contribution in [3.8, 4) is 23.0 Å². The summed E-state index contributed by atoms with van der Waals surface area (Å²) in [7, 11) is 0. The average molecular weight is 526 g/mol. The number of ether oxygens (including phenoxy) is 4. The quantitative estimate of drug-likeness (QED) is 0.0999. The van der Waals surface area contributed by atoms with Crippen LogP contribution in [0.2, 0.25) is 0 Å². The molecular formula is C22H14F8O6. The Balaban J connectivity index is 2.01. The van der Waals surface area contributed by atoms with Gasteiger partial charge in [0.05, 0.1) is 13.2 Å². The van der Waals surface area contributed by atoms with E-state index in [4.69, 9.17) is 0 Å². The van der Waals surface area contributed by atoms with Gasteiger partial charge in [0.15, 0.2) is 11.5 Å². The van der Waals surface area contributed by atoms with Crippen molar-refractivity contribution in [3.63, 3.8) is 0 Å². The molecule has 6 nitrogen and oxygen atoms in total. The molecule has 0 aliphatic carbocycles. The predicted molar refractivity (Wildman–Crippen MR) is 104 cm³/mol. The molecule has 0 aromatic heterocycles. The zero-order valence-electron chi connectivity index (χ0n) is 17.9. The molecule has 194 valence electrons. The topological polar surface area (TPSA) is 71.1 Å². The molecule has 0 aliphatic rings. The lowest BCUT2D eigenvalue weighted by molar-refractivity contribution is -0.130. The van der Waals surface area contributed by atoms with E-state index in [2.05, 4.69) is 32.1 Å². The van der Waals surface area contributed by atoms with E-state index < -0.39 is 94.7 Å². The Morgan fingerprint density at radius 3 is 1.03 bits per heavy atom. The molecule has 0 saturated heterocycles. The second-order valence-corrected chi connectivity index (χ2v) is 6.48. The van der Waals surface area contributed by atoms with Gasteiger partial charge in [-0.15, -0.1) is 0 Å². The summed E-state index contributed by atoms with van der Waals surface area (Å²) < 4.78 is 129. The van der Waals surface area contributed by atoms with E-state index in [0.717, 1.165) is 0 Å². The minimum absolute atomic E-state index is 0.196. The molecule has 2 aromatic rings. The molecule has 14 heteroatoms. The van der Waals surface area contributed by atoms with Crippen LogP contribution in [0.3, 0.4) is 0 Å². The summed E-state index contributed by atoms with van der Waals surface area (Å²) in [4.78, 5) is 22.1. The van der Waals surface area contributed by atoms with E-state index in [0.29, 0.717) is 12.2 Å². The molecule has 0 bridgehead atoms.